The summed E-state index contributed by atoms with van der Waals surface area (Å²) < 4.78 is 0. The lowest BCUT2D eigenvalue weighted by molar-refractivity contribution is 0.164. The van der Waals surface area contributed by atoms with Gasteiger partial charge in [0.2, 0.25) is 0 Å². The number of aromatic nitrogens is 2. The summed E-state index contributed by atoms with van der Waals surface area (Å²) >= 11 is 1.45. The Balaban J connectivity index is 1.94. The molecule has 88 valence electrons. The Bertz CT molecular complexity index is 370. The van der Waals surface area contributed by atoms with Crippen molar-refractivity contribution < 1.29 is 5.11 Å². The fourth-order valence-corrected chi connectivity index (χ4v) is 1.87. The number of nitrogens with two attached hydrogens (primary N) is 1. The molecule has 1 aromatic heterocycles. The fraction of sp³-hybridized carbons (Fsp3) is 0.600. The Kier molecular flexibility index (Phi) is 3.50. The molecule has 4 N–H and O–H groups in total. The number of hydrogen-bond acceptors (Lipinski definition) is 6. The molecule has 1 aliphatic rings. The van der Waals surface area contributed by atoms with Gasteiger partial charge in [-0.2, -0.15) is 0 Å². The molecule has 1 aromatic rings. The summed E-state index contributed by atoms with van der Waals surface area (Å²) in [5, 5.41) is 13.4. The summed E-state index contributed by atoms with van der Waals surface area (Å²) in [6, 6.07) is 1.68. The van der Waals surface area contributed by atoms with Crippen molar-refractivity contribution in [3.63, 3.8) is 0 Å². The summed E-state index contributed by atoms with van der Waals surface area (Å²) in [6.45, 7) is 0.523. The molecule has 0 radical (unpaired) electrons. The maximum Gasteiger partial charge on any atom is 0.191 e. The first kappa shape index (κ1) is 11.5. The molecule has 1 saturated carbocycles. The number of aliphatic hydroxyl groups excluding tert-OH is 1. The van der Waals surface area contributed by atoms with E-state index in [0.717, 1.165) is 12.8 Å². The van der Waals surface area contributed by atoms with E-state index in [4.69, 9.17) is 5.73 Å². The van der Waals surface area contributed by atoms with E-state index in [0.29, 0.717) is 29.3 Å². The molecule has 5 nitrogen and oxygen atoms in total. The van der Waals surface area contributed by atoms with Crippen LogP contribution < -0.4 is 11.1 Å². The van der Waals surface area contributed by atoms with Crippen LogP contribution in [0.2, 0.25) is 0 Å². The average molecular weight is 240 g/mol. The van der Waals surface area contributed by atoms with Gasteiger partial charge in [0.15, 0.2) is 5.16 Å². The van der Waals surface area contributed by atoms with Gasteiger partial charge >= 0.3 is 0 Å². The van der Waals surface area contributed by atoms with Crippen LogP contribution in [0.25, 0.3) is 0 Å². The summed E-state index contributed by atoms with van der Waals surface area (Å²) in [7, 11) is 0. The third-order valence-corrected chi connectivity index (χ3v) is 3.11. The lowest BCUT2D eigenvalue weighted by Crippen LogP contribution is -2.22. The molecule has 0 saturated heterocycles. The molecule has 0 aliphatic heterocycles. The van der Waals surface area contributed by atoms with E-state index in [9.17, 15) is 5.11 Å². The Morgan fingerprint density at radius 1 is 1.62 bits per heavy atom. The molecule has 0 spiro atoms. The zero-order chi connectivity index (χ0) is 11.5. The third kappa shape index (κ3) is 2.99. The van der Waals surface area contributed by atoms with Crippen molar-refractivity contribution in [2.45, 2.75) is 24.1 Å². The number of hydrogen-bond donors (Lipinski definition) is 3. The summed E-state index contributed by atoms with van der Waals surface area (Å²) in [5.74, 6) is 1.59. The van der Waals surface area contributed by atoms with Gasteiger partial charge < -0.3 is 16.2 Å². The topological polar surface area (TPSA) is 84.1 Å². The highest BCUT2D eigenvalue weighted by atomic mass is 32.2. The molecule has 6 heteroatoms. The first-order chi connectivity index (χ1) is 7.69. The lowest BCUT2D eigenvalue weighted by Gasteiger charge is -2.11. The van der Waals surface area contributed by atoms with Gasteiger partial charge in [-0.25, -0.2) is 9.97 Å². The Labute approximate surface area is 98.9 Å². The molecule has 1 atom stereocenters. The standard InChI is InChI=1S/C10H16N4OS/c1-16-10-13-8(11)4-9(14-10)12-5-7(15)6-2-3-6/h4,6-7,15H,2-3,5H2,1H3,(H3,11,12,13,14). The average Bonchev–Trinajstić information content (AvgIpc) is 3.08. The molecule has 0 aromatic carbocycles. The smallest absolute Gasteiger partial charge is 0.191 e. The first-order valence-electron chi connectivity index (χ1n) is 5.29. The second-order valence-electron chi connectivity index (χ2n) is 3.95. The second-order valence-corrected chi connectivity index (χ2v) is 4.72. The van der Waals surface area contributed by atoms with Gasteiger partial charge in [0, 0.05) is 12.6 Å². The second kappa shape index (κ2) is 4.88. The Hall–Kier alpha value is -1.01. The minimum absolute atomic E-state index is 0.283. The van der Waals surface area contributed by atoms with Crippen molar-refractivity contribution in [1.82, 2.24) is 9.97 Å². The highest BCUT2D eigenvalue weighted by Gasteiger charge is 2.29. The number of aliphatic hydroxyl groups is 1. The predicted octanol–water partition coefficient (Wildman–Crippen LogP) is 0.964. The Morgan fingerprint density at radius 3 is 3.00 bits per heavy atom. The normalized spacial score (nSPS) is 17.1. The highest BCUT2D eigenvalue weighted by Crippen LogP contribution is 2.32. The Morgan fingerprint density at radius 2 is 2.38 bits per heavy atom. The van der Waals surface area contributed by atoms with Crippen LogP contribution in [0.15, 0.2) is 11.2 Å². The summed E-state index contributed by atoms with van der Waals surface area (Å²) in [5.41, 5.74) is 5.65. The van der Waals surface area contributed by atoms with Gasteiger partial charge in [0.05, 0.1) is 6.10 Å². The maximum atomic E-state index is 9.70. The maximum absolute atomic E-state index is 9.70. The first-order valence-corrected chi connectivity index (χ1v) is 6.52. The van der Waals surface area contributed by atoms with Gasteiger partial charge in [-0.05, 0) is 25.0 Å². The van der Waals surface area contributed by atoms with Gasteiger partial charge in [-0.1, -0.05) is 11.8 Å². The zero-order valence-electron chi connectivity index (χ0n) is 9.18. The van der Waals surface area contributed by atoms with E-state index in [1.54, 1.807) is 6.07 Å². The molecule has 1 unspecified atom stereocenters. The molecular formula is C10H16N4OS. The van der Waals surface area contributed by atoms with Crippen LogP contribution in [0, 0.1) is 5.92 Å². The van der Waals surface area contributed by atoms with E-state index >= 15 is 0 Å². The van der Waals surface area contributed by atoms with E-state index in [1.807, 2.05) is 6.26 Å². The molecule has 2 rings (SSSR count). The van der Waals surface area contributed by atoms with Crippen LogP contribution in [-0.4, -0.2) is 34.0 Å². The third-order valence-electron chi connectivity index (χ3n) is 2.57. The van der Waals surface area contributed by atoms with E-state index in [1.165, 1.54) is 11.8 Å². The molecule has 1 aliphatic carbocycles. The van der Waals surface area contributed by atoms with Crippen LogP contribution in [0.4, 0.5) is 11.6 Å². The van der Waals surface area contributed by atoms with Crippen molar-refractivity contribution in [2.24, 2.45) is 5.92 Å². The monoisotopic (exact) mass is 240 g/mol. The number of nitrogens with zero attached hydrogens (tertiary/aromatic N) is 2. The minimum atomic E-state index is -0.283. The van der Waals surface area contributed by atoms with Gasteiger partial charge in [0.1, 0.15) is 11.6 Å². The lowest BCUT2D eigenvalue weighted by atomic mass is 10.2. The van der Waals surface area contributed by atoms with Crippen LogP contribution in [0.1, 0.15) is 12.8 Å². The number of thioether (sulfide) groups is 1. The van der Waals surface area contributed by atoms with Crippen molar-refractivity contribution in [2.75, 3.05) is 23.9 Å². The zero-order valence-corrected chi connectivity index (χ0v) is 10.00. The van der Waals surface area contributed by atoms with Gasteiger partial charge in [0.25, 0.3) is 0 Å². The largest absolute Gasteiger partial charge is 0.391 e. The van der Waals surface area contributed by atoms with Crippen molar-refractivity contribution in [3.8, 4) is 0 Å². The molecular weight excluding hydrogens is 224 g/mol. The molecule has 16 heavy (non-hydrogen) atoms. The number of nitrogen functional groups attached to an aromatic ring is 1. The predicted molar refractivity (Wildman–Crippen MR) is 65.4 cm³/mol. The van der Waals surface area contributed by atoms with Crippen molar-refractivity contribution in [3.05, 3.63) is 6.07 Å². The molecule has 0 amide bonds. The van der Waals surface area contributed by atoms with Crippen molar-refractivity contribution >= 4 is 23.4 Å². The highest BCUT2D eigenvalue weighted by molar-refractivity contribution is 7.98. The summed E-state index contributed by atoms with van der Waals surface area (Å²) in [6.07, 6.45) is 3.88. The van der Waals surface area contributed by atoms with Gasteiger partial charge in [-0.15, -0.1) is 0 Å². The van der Waals surface area contributed by atoms with Gasteiger partial charge in [-0.3, -0.25) is 0 Å². The van der Waals surface area contributed by atoms with Crippen molar-refractivity contribution in [1.29, 1.82) is 0 Å². The number of anilines is 2. The van der Waals surface area contributed by atoms with Crippen LogP contribution in [0.5, 0.6) is 0 Å². The molecule has 1 heterocycles. The van der Waals surface area contributed by atoms with Crippen LogP contribution in [-0.2, 0) is 0 Å². The van der Waals surface area contributed by atoms with Crippen LogP contribution in [0.3, 0.4) is 0 Å². The summed E-state index contributed by atoms with van der Waals surface area (Å²) in [4.78, 5) is 8.31. The minimum Gasteiger partial charge on any atom is -0.391 e. The fourth-order valence-electron chi connectivity index (χ4n) is 1.48. The van der Waals surface area contributed by atoms with E-state index in [-0.39, 0.29) is 6.10 Å². The molecule has 0 bridgehead atoms. The quantitative estimate of drug-likeness (QED) is 0.525. The van der Waals surface area contributed by atoms with Crippen LogP contribution >= 0.6 is 11.8 Å². The van der Waals surface area contributed by atoms with E-state index < -0.39 is 0 Å². The number of rotatable bonds is 5. The molecule has 1 fully saturated rings. The van der Waals surface area contributed by atoms with E-state index in [2.05, 4.69) is 15.3 Å². The SMILES string of the molecule is CSc1nc(N)cc(NCC(O)C2CC2)n1. The number of nitrogens with one attached hydrogen (secondary N) is 1.